The van der Waals surface area contributed by atoms with Gasteiger partial charge in [-0.25, -0.2) is 0 Å². The van der Waals surface area contributed by atoms with Crippen molar-refractivity contribution in [2.24, 2.45) is 0 Å². The van der Waals surface area contributed by atoms with E-state index in [4.69, 9.17) is 4.74 Å². The summed E-state index contributed by atoms with van der Waals surface area (Å²) in [4.78, 5) is 24.7. The van der Waals surface area contributed by atoms with Gasteiger partial charge in [0.05, 0.1) is 25.4 Å². The van der Waals surface area contributed by atoms with Crippen LogP contribution in [0.2, 0.25) is 0 Å². The Morgan fingerprint density at radius 1 is 0.307 bits per heavy atom. The first-order chi connectivity index (χ1) is 43.5. The first kappa shape index (κ1) is 86.6. The number of aliphatic hydroxyl groups excluding tert-OH is 2. The van der Waals surface area contributed by atoms with E-state index in [0.717, 1.165) is 38.5 Å². The van der Waals surface area contributed by atoms with E-state index in [1.54, 1.807) is 6.08 Å². The lowest BCUT2D eigenvalue weighted by Gasteiger charge is -2.20. The highest BCUT2D eigenvalue weighted by molar-refractivity contribution is 5.76. The van der Waals surface area contributed by atoms with Gasteiger partial charge in [-0.15, -0.1) is 0 Å². The van der Waals surface area contributed by atoms with E-state index in [0.29, 0.717) is 19.4 Å². The van der Waals surface area contributed by atoms with Gasteiger partial charge in [0.15, 0.2) is 0 Å². The molecule has 0 aliphatic carbocycles. The molecule has 0 spiro atoms. The van der Waals surface area contributed by atoms with Crippen LogP contribution in [0.4, 0.5) is 0 Å². The van der Waals surface area contributed by atoms with Crippen molar-refractivity contribution in [1.29, 1.82) is 0 Å². The summed E-state index contributed by atoms with van der Waals surface area (Å²) in [6, 6.07) is -0.623. The second kappa shape index (κ2) is 78.0. The first-order valence-electron chi connectivity index (χ1n) is 41.0. The van der Waals surface area contributed by atoms with Gasteiger partial charge in [-0.1, -0.05) is 443 Å². The Morgan fingerprint density at radius 2 is 0.523 bits per heavy atom. The van der Waals surface area contributed by atoms with Crippen LogP contribution in [0, 0.1) is 0 Å². The van der Waals surface area contributed by atoms with E-state index >= 15 is 0 Å². The monoisotopic (exact) mass is 1240 g/mol. The Hall–Kier alpha value is -1.40. The number of carbonyl (C=O) groups is 2. The Labute approximate surface area is 552 Å². The van der Waals surface area contributed by atoms with Crippen LogP contribution in [0.3, 0.4) is 0 Å². The highest BCUT2D eigenvalue weighted by Crippen LogP contribution is 2.21. The summed E-state index contributed by atoms with van der Waals surface area (Å²) in [5, 5.41) is 23.2. The molecule has 6 heteroatoms. The van der Waals surface area contributed by atoms with Crippen molar-refractivity contribution in [3.05, 3.63) is 12.2 Å². The molecule has 0 aromatic heterocycles. The summed E-state index contributed by atoms with van der Waals surface area (Å²) in [6.07, 6.45) is 99.3. The number of esters is 1. The molecule has 0 fully saturated rings. The van der Waals surface area contributed by atoms with Crippen LogP contribution in [-0.4, -0.2) is 47.4 Å². The standard InChI is InChI=1S/C82H161NO5/c1-3-5-7-9-11-13-15-17-19-21-39-44-48-52-56-60-64-68-72-76-82(87)88-77-73-69-65-61-57-53-49-45-41-38-36-34-32-30-28-26-24-22-23-25-27-29-31-33-35-37-40-43-47-51-55-59-63-67-71-75-81(86)83-79(78-84)80(85)74-70-66-62-58-54-50-46-42-20-18-16-14-12-10-8-6-4-2/h70,74,79-80,84-85H,3-69,71-73,75-78H2,1-2H3,(H,83,86)/b74-70+. The number of ether oxygens (including phenoxy) is 1. The number of amides is 1. The maximum atomic E-state index is 12.5. The van der Waals surface area contributed by atoms with E-state index in [2.05, 4.69) is 19.2 Å². The molecule has 3 N–H and O–H groups in total. The number of allylic oxidation sites excluding steroid dienone is 1. The molecule has 6 nitrogen and oxygen atoms in total. The third-order valence-electron chi connectivity index (χ3n) is 19.6. The SMILES string of the molecule is CCCCCCCCCCCCCCCCC/C=C/C(O)C(CO)NC(=O)CCCCCCCCCCCCCCCCCCCCCCCCCCCCCCCCCCCCCOC(=O)CCCCCCCCCCCCCCCCCCCCC. The molecule has 0 aromatic carbocycles. The van der Waals surface area contributed by atoms with Gasteiger partial charge in [-0.3, -0.25) is 9.59 Å². The lowest BCUT2D eigenvalue weighted by Crippen LogP contribution is -2.45. The molecule has 88 heavy (non-hydrogen) atoms. The molecular formula is C82H161NO5. The Morgan fingerprint density at radius 3 is 0.773 bits per heavy atom. The predicted molar refractivity (Wildman–Crippen MR) is 389 cm³/mol. The third kappa shape index (κ3) is 73.6. The van der Waals surface area contributed by atoms with E-state index in [9.17, 15) is 19.8 Å². The summed E-state index contributed by atoms with van der Waals surface area (Å²) in [5.41, 5.74) is 0. The third-order valence-corrected chi connectivity index (χ3v) is 19.6. The lowest BCUT2D eigenvalue weighted by atomic mass is 10.0. The maximum Gasteiger partial charge on any atom is 0.305 e. The van der Waals surface area contributed by atoms with Gasteiger partial charge < -0.3 is 20.3 Å². The summed E-state index contributed by atoms with van der Waals surface area (Å²) >= 11 is 0. The van der Waals surface area contributed by atoms with E-state index in [1.165, 1.54) is 411 Å². The number of unbranched alkanes of at least 4 members (excludes halogenated alkanes) is 67. The zero-order valence-corrected chi connectivity index (χ0v) is 60.3. The van der Waals surface area contributed by atoms with Crippen LogP contribution in [-0.2, 0) is 14.3 Å². The van der Waals surface area contributed by atoms with Crippen LogP contribution in [0.5, 0.6) is 0 Å². The fourth-order valence-electron chi connectivity index (χ4n) is 13.3. The second-order valence-corrected chi connectivity index (χ2v) is 28.5. The van der Waals surface area contributed by atoms with Crippen LogP contribution >= 0.6 is 0 Å². The smallest absolute Gasteiger partial charge is 0.305 e. The highest BCUT2D eigenvalue weighted by atomic mass is 16.5. The van der Waals surface area contributed by atoms with Crippen molar-refractivity contribution < 1.29 is 24.5 Å². The summed E-state index contributed by atoms with van der Waals surface area (Å²) < 4.78 is 5.53. The minimum Gasteiger partial charge on any atom is -0.466 e. The van der Waals surface area contributed by atoms with Crippen LogP contribution < -0.4 is 5.32 Å². The number of aliphatic hydroxyl groups is 2. The predicted octanol–water partition coefficient (Wildman–Crippen LogP) is 27.1. The quantitative estimate of drug-likeness (QED) is 0.0320. The Kier molecular flexibility index (Phi) is 76.8. The van der Waals surface area contributed by atoms with Gasteiger partial charge in [0, 0.05) is 12.8 Å². The normalized spacial score (nSPS) is 12.5. The second-order valence-electron chi connectivity index (χ2n) is 28.5. The van der Waals surface area contributed by atoms with Gasteiger partial charge in [0.25, 0.3) is 0 Å². The first-order valence-corrected chi connectivity index (χ1v) is 41.0. The lowest BCUT2D eigenvalue weighted by molar-refractivity contribution is -0.143. The molecule has 0 radical (unpaired) electrons. The molecule has 1 amide bonds. The van der Waals surface area contributed by atoms with Crippen molar-refractivity contribution >= 4 is 11.9 Å². The van der Waals surface area contributed by atoms with E-state index in [1.807, 2.05) is 6.08 Å². The maximum absolute atomic E-state index is 12.5. The number of hydrogen-bond acceptors (Lipinski definition) is 5. The van der Waals surface area contributed by atoms with Gasteiger partial charge in [-0.05, 0) is 32.1 Å². The van der Waals surface area contributed by atoms with Crippen molar-refractivity contribution in [3.63, 3.8) is 0 Å². The molecule has 2 unspecified atom stereocenters. The Balaban J connectivity index is 3.30. The van der Waals surface area contributed by atoms with Crippen LogP contribution in [0.1, 0.15) is 476 Å². The molecule has 0 saturated heterocycles. The van der Waals surface area contributed by atoms with Crippen LogP contribution in [0.15, 0.2) is 12.2 Å². The fourth-order valence-corrected chi connectivity index (χ4v) is 13.3. The van der Waals surface area contributed by atoms with Crippen molar-refractivity contribution in [3.8, 4) is 0 Å². The molecular weight excluding hydrogens is 1080 g/mol. The fraction of sp³-hybridized carbons (Fsp3) is 0.951. The van der Waals surface area contributed by atoms with Crippen LogP contribution in [0.25, 0.3) is 0 Å². The van der Waals surface area contributed by atoms with Gasteiger partial charge in [0.2, 0.25) is 5.91 Å². The summed E-state index contributed by atoms with van der Waals surface area (Å²) in [5.74, 6) is -0.0299. The molecule has 524 valence electrons. The zero-order chi connectivity index (χ0) is 63.5. The molecule has 0 bridgehead atoms. The average molecular weight is 1240 g/mol. The summed E-state index contributed by atoms with van der Waals surface area (Å²) in [7, 11) is 0. The molecule has 0 rings (SSSR count). The Bertz CT molecular complexity index is 1340. The van der Waals surface area contributed by atoms with E-state index in [-0.39, 0.29) is 18.5 Å². The highest BCUT2D eigenvalue weighted by Gasteiger charge is 2.18. The minimum atomic E-state index is -0.840. The topological polar surface area (TPSA) is 95.9 Å². The molecule has 0 aliphatic rings. The van der Waals surface area contributed by atoms with Crippen molar-refractivity contribution in [1.82, 2.24) is 5.32 Å². The largest absolute Gasteiger partial charge is 0.466 e. The average Bonchev–Trinajstić information content (AvgIpc) is 3.58. The summed E-state index contributed by atoms with van der Waals surface area (Å²) in [6.45, 7) is 4.97. The number of nitrogens with one attached hydrogen (secondary N) is 1. The molecule has 0 saturated carbocycles. The number of carbonyl (C=O) groups excluding carboxylic acids is 2. The molecule has 2 atom stereocenters. The van der Waals surface area contributed by atoms with Gasteiger partial charge in [0.1, 0.15) is 0 Å². The minimum absolute atomic E-state index is 0.0285. The zero-order valence-electron chi connectivity index (χ0n) is 60.3. The molecule has 0 heterocycles. The van der Waals surface area contributed by atoms with Crippen molar-refractivity contribution in [2.45, 2.75) is 488 Å². The van der Waals surface area contributed by atoms with Crippen molar-refractivity contribution in [2.75, 3.05) is 13.2 Å². The number of rotatable bonds is 78. The molecule has 0 aliphatic heterocycles. The number of hydrogen-bond donors (Lipinski definition) is 3. The van der Waals surface area contributed by atoms with E-state index < -0.39 is 12.1 Å². The van der Waals surface area contributed by atoms with Gasteiger partial charge >= 0.3 is 5.97 Å². The van der Waals surface area contributed by atoms with Gasteiger partial charge in [-0.2, -0.15) is 0 Å². The molecule has 0 aromatic rings.